The van der Waals surface area contributed by atoms with Crippen molar-refractivity contribution in [3.05, 3.63) is 40.6 Å². The van der Waals surface area contributed by atoms with Gasteiger partial charge in [0.2, 0.25) is 5.91 Å². The highest BCUT2D eigenvalue weighted by atomic mass is 32.2. The summed E-state index contributed by atoms with van der Waals surface area (Å²) in [6.07, 6.45) is 0.866. The van der Waals surface area contributed by atoms with E-state index in [4.69, 9.17) is 4.74 Å². The van der Waals surface area contributed by atoms with Gasteiger partial charge in [0.25, 0.3) is 0 Å². The van der Waals surface area contributed by atoms with Gasteiger partial charge < -0.3 is 15.0 Å². The summed E-state index contributed by atoms with van der Waals surface area (Å²) in [6.45, 7) is 2.54. The van der Waals surface area contributed by atoms with Crippen molar-refractivity contribution >= 4 is 40.0 Å². The van der Waals surface area contributed by atoms with E-state index in [1.807, 2.05) is 36.6 Å². The van der Waals surface area contributed by atoms with Crippen LogP contribution in [0.4, 0.5) is 0 Å². The zero-order chi connectivity index (χ0) is 16.9. The molecule has 0 saturated carbocycles. The molecule has 0 aliphatic rings. The van der Waals surface area contributed by atoms with Crippen LogP contribution in [0.25, 0.3) is 11.0 Å². The number of thiophene rings is 1. The van der Waals surface area contributed by atoms with Crippen LogP contribution in [-0.4, -0.2) is 34.8 Å². The summed E-state index contributed by atoms with van der Waals surface area (Å²) in [5, 5.41) is 5.55. The van der Waals surface area contributed by atoms with Gasteiger partial charge >= 0.3 is 0 Å². The summed E-state index contributed by atoms with van der Waals surface area (Å²) in [5.74, 6) is 0.802. The van der Waals surface area contributed by atoms with Crippen LogP contribution in [0.15, 0.2) is 40.9 Å². The third-order valence-corrected chi connectivity index (χ3v) is 5.50. The SMILES string of the molecule is COc1ccc2nc(SC(C)C(=O)NCCc3cccs3)[nH]c2c1. The van der Waals surface area contributed by atoms with E-state index in [-0.39, 0.29) is 11.2 Å². The number of carbonyl (C=O) groups is 1. The maximum atomic E-state index is 12.2. The molecule has 1 unspecified atom stereocenters. The maximum absolute atomic E-state index is 12.2. The lowest BCUT2D eigenvalue weighted by atomic mass is 10.3. The summed E-state index contributed by atoms with van der Waals surface area (Å²) < 4.78 is 5.21. The van der Waals surface area contributed by atoms with E-state index in [1.54, 1.807) is 18.4 Å². The zero-order valence-electron chi connectivity index (χ0n) is 13.5. The fraction of sp³-hybridized carbons (Fsp3) is 0.294. The lowest BCUT2D eigenvalue weighted by Gasteiger charge is -2.09. The number of nitrogens with one attached hydrogen (secondary N) is 2. The highest BCUT2D eigenvalue weighted by molar-refractivity contribution is 8.00. The van der Waals surface area contributed by atoms with Crippen LogP contribution in [0.3, 0.4) is 0 Å². The lowest BCUT2D eigenvalue weighted by Crippen LogP contribution is -2.32. The molecule has 0 aliphatic carbocycles. The van der Waals surface area contributed by atoms with Gasteiger partial charge in [-0.2, -0.15) is 0 Å². The van der Waals surface area contributed by atoms with Gasteiger partial charge in [-0.15, -0.1) is 11.3 Å². The van der Waals surface area contributed by atoms with Crippen molar-refractivity contribution in [1.82, 2.24) is 15.3 Å². The van der Waals surface area contributed by atoms with Crippen molar-refractivity contribution in [2.75, 3.05) is 13.7 Å². The Balaban J connectivity index is 1.55. The first-order valence-corrected chi connectivity index (χ1v) is 9.42. The van der Waals surface area contributed by atoms with Crippen molar-refractivity contribution in [2.24, 2.45) is 0 Å². The minimum Gasteiger partial charge on any atom is -0.497 e. The first-order valence-electron chi connectivity index (χ1n) is 7.66. The highest BCUT2D eigenvalue weighted by Crippen LogP contribution is 2.25. The molecule has 2 N–H and O–H groups in total. The number of aromatic nitrogens is 2. The van der Waals surface area contributed by atoms with Crippen molar-refractivity contribution in [1.29, 1.82) is 0 Å². The molecular weight excluding hydrogens is 342 g/mol. The first-order chi connectivity index (χ1) is 11.7. The number of aromatic amines is 1. The van der Waals surface area contributed by atoms with Crippen LogP contribution in [0.5, 0.6) is 5.75 Å². The molecule has 5 nitrogen and oxygen atoms in total. The van der Waals surface area contributed by atoms with E-state index >= 15 is 0 Å². The van der Waals surface area contributed by atoms with Gasteiger partial charge in [0.1, 0.15) is 5.75 Å². The number of nitrogens with zero attached hydrogens (tertiary/aromatic N) is 1. The number of thioether (sulfide) groups is 1. The number of hydrogen-bond donors (Lipinski definition) is 2. The smallest absolute Gasteiger partial charge is 0.233 e. The molecule has 1 aromatic carbocycles. The van der Waals surface area contributed by atoms with E-state index in [2.05, 4.69) is 21.4 Å². The molecule has 0 radical (unpaired) electrons. The minimum atomic E-state index is -0.212. The molecule has 1 amide bonds. The molecule has 0 aliphatic heterocycles. The van der Waals surface area contributed by atoms with Crippen LogP contribution in [0.2, 0.25) is 0 Å². The summed E-state index contributed by atoms with van der Waals surface area (Å²) in [5.41, 5.74) is 1.77. The molecule has 2 aromatic heterocycles. The number of fused-ring (bicyclic) bond motifs is 1. The molecule has 126 valence electrons. The van der Waals surface area contributed by atoms with E-state index in [9.17, 15) is 4.79 Å². The van der Waals surface area contributed by atoms with Gasteiger partial charge in [-0.25, -0.2) is 4.98 Å². The van der Waals surface area contributed by atoms with Crippen LogP contribution in [-0.2, 0) is 11.2 Å². The second kappa shape index (κ2) is 7.72. The second-order valence-electron chi connectivity index (χ2n) is 5.31. The fourth-order valence-corrected chi connectivity index (χ4v) is 3.83. The molecule has 1 atom stereocenters. The van der Waals surface area contributed by atoms with Gasteiger partial charge in [-0.05, 0) is 36.9 Å². The minimum absolute atomic E-state index is 0.0228. The number of rotatable bonds is 7. The Morgan fingerprint density at radius 2 is 2.33 bits per heavy atom. The summed E-state index contributed by atoms with van der Waals surface area (Å²) in [6, 6.07) is 9.78. The number of imidazole rings is 1. The van der Waals surface area contributed by atoms with Crippen LogP contribution in [0, 0.1) is 0 Å². The Hall–Kier alpha value is -1.99. The number of benzene rings is 1. The van der Waals surface area contributed by atoms with E-state index < -0.39 is 0 Å². The fourth-order valence-electron chi connectivity index (χ4n) is 2.28. The normalized spacial score (nSPS) is 12.2. The Kier molecular flexibility index (Phi) is 5.42. The van der Waals surface area contributed by atoms with Crippen molar-refractivity contribution < 1.29 is 9.53 Å². The monoisotopic (exact) mass is 361 g/mol. The molecule has 2 heterocycles. The predicted octanol–water partition coefficient (Wildman–Crippen LogP) is 3.47. The third-order valence-electron chi connectivity index (χ3n) is 3.58. The molecule has 0 bridgehead atoms. The number of amides is 1. The van der Waals surface area contributed by atoms with Gasteiger partial charge in [-0.1, -0.05) is 17.8 Å². The van der Waals surface area contributed by atoms with Crippen LogP contribution >= 0.6 is 23.1 Å². The molecule has 3 aromatic rings. The molecular formula is C17H19N3O2S2. The maximum Gasteiger partial charge on any atom is 0.233 e. The van der Waals surface area contributed by atoms with Gasteiger partial charge in [0, 0.05) is 17.5 Å². The Bertz CT molecular complexity index is 814. The summed E-state index contributed by atoms with van der Waals surface area (Å²) in [7, 11) is 1.63. The Morgan fingerprint density at radius 1 is 1.46 bits per heavy atom. The summed E-state index contributed by atoms with van der Waals surface area (Å²) >= 11 is 3.13. The number of carbonyl (C=O) groups excluding carboxylic acids is 1. The molecule has 3 rings (SSSR count). The van der Waals surface area contributed by atoms with Crippen molar-refractivity contribution in [3.8, 4) is 5.75 Å². The first kappa shape index (κ1) is 16.9. The highest BCUT2D eigenvalue weighted by Gasteiger charge is 2.16. The van der Waals surface area contributed by atoms with Gasteiger partial charge in [-0.3, -0.25) is 4.79 Å². The molecule has 7 heteroatoms. The van der Waals surface area contributed by atoms with Crippen LogP contribution in [0.1, 0.15) is 11.8 Å². The molecule has 0 saturated heterocycles. The number of H-pyrrole nitrogens is 1. The van der Waals surface area contributed by atoms with E-state index in [1.165, 1.54) is 16.6 Å². The van der Waals surface area contributed by atoms with Gasteiger partial charge in [0.05, 0.1) is 23.4 Å². The zero-order valence-corrected chi connectivity index (χ0v) is 15.2. The largest absolute Gasteiger partial charge is 0.497 e. The van der Waals surface area contributed by atoms with Crippen LogP contribution < -0.4 is 10.1 Å². The average Bonchev–Trinajstić information content (AvgIpc) is 3.22. The van der Waals surface area contributed by atoms with Gasteiger partial charge in [0.15, 0.2) is 5.16 Å². The Labute approximate surface area is 148 Å². The second-order valence-corrected chi connectivity index (χ2v) is 7.67. The lowest BCUT2D eigenvalue weighted by molar-refractivity contribution is -0.120. The summed E-state index contributed by atoms with van der Waals surface area (Å²) in [4.78, 5) is 21.2. The van der Waals surface area contributed by atoms with Crippen molar-refractivity contribution in [2.45, 2.75) is 23.8 Å². The topological polar surface area (TPSA) is 67.0 Å². The third kappa shape index (κ3) is 4.10. The average molecular weight is 361 g/mol. The van der Waals surface area contributed by atoms with E-state index in [0.29, 0.717) is 6.54 Å². The molecule has 24 heavy (non-hydrogen) atoms. The molecule has 0 spiro atoms. The predicted molar refractivity (Wildman–Crippen MR) is 99.0 cm³/mol. The van der Waals surface area contributed by atoms with Crippen molar-refractivity contribution in [3.63, 3.8) is 0 Å². The number of ether oxygens (including phenoxy) is 1. The number of methoxy groups -OCH3 is 1. The quantitative estimate of drug-likeness (QED) is 0.632. The molecule has 0 fully saturated rings. The number of hydrogen-bond acceptors (Lipinski definition) is 5. The standard InChI is InChI=1S/C17H19N3O2S2/c1-11(16(21)18-8-7-13-4-3-9-23-13)24-17-19-14-6-5-12(22-2)10-15(14)20-17/h3-6,9-11H,7-8H2,1-2H3,(H,18,21)(H,19,20). The Morgan fingerprint density at radius 3 is 3.08 bits per heavy atom. The van der Waals surface area contributed by atoms with E-state index in [0.717, 1.165) is 28.4 Å².